The Bertz CT molecular complexity index is 1090. The van der Waals surface area contributed by atoms with E-state index in [1.54, 1.807) is 0 Å². The van der Waals surface area contributed by atoms with Gasteiger partial charge in [0.15, 0.2) is 5.82 Å². The Hall–Kier alpha value is -4.14. The molecule has 148 valence electrons. The van der Waals surface area contributed by atoms with Crippen molar-refractivity contribution in [3.05, 3.63) is 66.9 Å². The first-order valence-electron chi connectivity index (χ1n) is 8.75. The van der Waals surface area contributed by atoms with Gasteiger partial charge in [-0.05, 0) is 18.9 Å². The highest BCUT2D eigenvalue weighted by Crippen LogP contribution is 2.52. The minimum absolute atomic E-state index is 0.0264. The number of amides is 1. The molecule has 0 aliphatic carbocycles. The second-order valence-corrected chi connectivity index (χ2v) is 6.80. The first-order valence-corrected chi connectivity index (χ1v) is 8.75. The SMILES string of the molecule is N#CC1=C(N)N2CCCCNC2=C([N+](=O)[O-])C12C(=O)Nc1ccc([N+](=O)[O-])cc12. The fourth-order valence-corrected chi connectivity index (χ4v) is 4.14. The lowest BCUT2D eigenvalue weighted by molar-refractivity contribution is -0.435. The summed E-state index contributed by atoms with van der Waals surface area (Å²) in [5.41, 5.74) is 2.89. The zero-order valence-corrected chi connectivity index (χ0v) is 15.0. The molecule has 0 aromatic heterocycles. The maximum absolute atomic E-state index is 13.2. The topological polar surface area (TPSA) is 180 Å². The predicted molar refractivity (Wildman–Crippen MR) is 98.2 cm³/mol. The van der Waals surface area contributed by atoms with Crippen molar-refractivity contribution in [1.29, 1.82) is 5.26 Å². The molecule has 4 N–H and O–H groups in total. The van der Waals surface area contributed by atoms with Crippen molar-refractivity contribution >= 4 is 17.3 Å². The van der Waals surface area contributed by atoms with E-state index in [2.05, 4.69) is 10.6 Å². The summed E-state index contributed by atoms with van der Waals surface area (Å²) in [7, 11) is 0. The van der Waals surface area contributed by atoms with Gasteiger partial charge >= 0.3 is 5.70 Å². The van der Waals surface area contributed by atoms with Crippen LogP contribution < -0.4 is 16.4 Å². The number of nitrogens with zero attached hydrogens (tertiary/aromatic N) is 4. The molecule has 12 nitrogen and oxygen atoms in total. The Labute approximate surface area is 163 Å². The van der Waals surface area contributed by atoms with Crippen LogP contribution in [0.1, 0.15) is 18.4 Å². The average Bonchev–Trinajstić information content (AvgIpc) is 2.83. The molecule has 1 unspecified atom stereocenters. The maximum atomic E-state index is 13.2. The number of hydrogen-bond donors (Lipinski definition) is 3. The molecule has 0 radical (unpaired) electrons. The number of carbonyl (C=O) groups is 1. The summed E-state index contributed by atoms with van der Waals surface area (Å²) in [5, 5.41) is 38.9. The highest BCUT2D eigenvalue weighted by atomic mass is 16.6. The number of carbonyl (C=O) groups excluding carboxylic acids is 1. The number of fused-ring (bicyclic) bond motifs is 3. The molecule has 0 saturated carbocycles. The summed E-state index contributed by atoms with van der Waals surface area (Å²) in [5.74, 6) is -0.909. The lowest BCUT2D eigenvalue weighted by Crippen LogP contribution is -2.51. The monoisotopic (exact) mass is 397 g/mol. The fraction of sp³-hybridized carbons (Fsp3) is 0.294. The highest BCUT2D eigenvalue weighted by molar-refractivity contribution is 6.12. The number of nitriles is 1. The molecule has 1 saturated heterocycles. The van der Waals surface area contributed by atoms with Gasteiger partial charge in [0, 0.05) is 36.5 Å². The third-order valence-corrected chi connectivity index (χ3v) is 5.37. The number of nitro groups is 2. The van der Waals surface area contributed by atoms with E-state index in [0.717, 1.165) is 6.07 Å². The van der Waals surface area contributed by atoms with Gasteiger partial charge in [0.25, 0.3) is 11.6 Å². The number of non-ortho nitro benzene ring substituents is 1. The van der Waals surface area contributed by atoms with Gasteiger partial charge in [-0.3, -0.25) is 25.0 Å². The van der Waals surface area contributed by atoms with Crippen LogP contribution in [0.3, 0.4) is 0 Å². The first kappa shape index (κ1) is 18.2. The van der Waals surface area contributed by atoms with Crippen molar-refractivity contribution in [3.63, 3.8) is 0 Å². The lowest BCUT2D eigenvalue weighted by atomic mass is 9.70. The minimum Gasteiger partial charge on any atom is -0.384 e. The van der Waals surface area contributed by atoms with Gasteiger partial charge in [0.2, 0.25) is 5.41 Å². The first-order chi connectivity index (χ1) is 13.8. The molecule has 1 aromatic carbocycles. The summed E-state index contributed by atoms with van der Waals surface area (Å²) < 4.78 is 0. The van der Waals surface area contributed by atoms with Crippen LogP contribution in [0.5, 0.6) is 0 Å². The van der Waals surface area contributed by atoms with Gasteiger partial charge < -0.3 is 21.3 Å². The van der Waals surface area contributed by atoms with Crippen molar-refractivity contribution < 1.29 is 14.6 Å². The van der Waals surface area contributed by atoms with Crippen LogP contribution in [0.15, 0.2) is 41.1 Å². The Balaban J connectivity index is 2.13. The predicted octanol–water partition coefficient (Wildman–Crippen LogP) is 0.623. The average molecular weight is 397 g/mol. The molecule has 0 bridgehead atoms. The largest absolute Gasteiger partial charge is 0.384 e. The van der Waals surface area contributed by atoms with E-state index in [0.29, 0.717) is 25.9 Å². The van der Waals surface area contributed by atoms with E-state index in [1.165, 1.54) is 17.0 Å². The van der Waals surface area contributed by atoms with Crippen LogP contribution in [0.25, 0.3) is 0 Å². The van der Waals surface area contributed by atoms with E-state index in [1.807, 2.05) is 6.07 Å². The summed E-state index contributed by atoms with van der Waals surface area (Å²) in [4.78, 5) is 36.7. The zero-order valence-electron chi connectivity index (χ0n) is 15.0. The van der Waals surface area contributed by atoms with Gasteiger partial charge in [-0.25, -0.2) is 0 Å². The number of anilines is 1. The molecule has 3 aliphatic rings. The molecule has 29 heavy (non-hydrogen) atoms. The fourth-order valence-electron chi connectivity index (χ4n) is 4.14. The number of benzene rings is 1. The molecule has 1 spiro atoms. The third-order valence-electron chi connectivity index (χ3n) is 5.37. The van der Waals surface area contributed by atoms with E-state index < -0.39 is 26.9 Å². The van der Waals surface area contributed by atoms with E-state index in [-0.39, 0.29) is 34.2 Å². The quantitative estimate of drug-likeness (QED) is 0.476. The summed E-state index contributed by atoms with van der Waals surface area (Å²) in [6.07, 6.45) is 1.38. The standard InChI is InChI=1S/C17H15N7O5/c18-8-11-14(19)22-6-2-1-5-20-15(22)13(24(28)29)17(11)10-7-9(23(26)27)3-4-12(10)21-16(17)25/h3-4,7,20H,1-2,5-6,19H2,(H,21,25). The Morgan fingerprint density at radius 2 is 2.00 bits per heavy atom. The smallest absolute Gasteiger partial charge is 0.311 e. The summed E-state index contributed by atoms with van der Waals surface area (Å²) >= 11 is 0. The van der Waals surface area contributed by atoms with Gasteiger partial charge in [0.05, 0.1) is 9.85 Å². The molecule has 1 fully saturated rings. The molecule has 1 aromatic rings. The lowest BCUT2D eigenvalue weighted by Gasteiger charge is -2.36. The van der Waals surface area contributed by atoms with Gasteiger partial charge in [-0.15, -0.1) is 0 Å². The summed E-state index contributed by atoms with van der Waals surface area (Å²) in [6, 6.07) is 5.41. The van der Waals surface area contributed by atoms with E-state index in [4.69, 9.17) is 5.73 Å². The maximum Gasteiger partial charge on any atom is 0.311 e. The van der Waals surface area contributed by atoms with Crippen molar-refractivity contribution in [3.8, 4) is 6.07 Å². The van der Waals surface area contributed by atoms with Crippen molar-refractivity contribution in [2.24, 2.45) is 5.73 Å². The molecule has 3 heterocycles. The minimum atomic E-state index is -2.19. The van der Waals surface area contributed by atoms with Gasteiger partial charge in [-0.1, -0.05) is 0 Å². The molecular formula is C17H15N7O5. The molecule has 1 amide bonds. The highest BCUT2D eigenvalue weighted by Gasteiger charge is 2.64. The number of hydrogen-bond acceptors (Lipinski definition) is 9. The van der Waals surface area contributed by atoms with E-state index >= 15 is 0 Å². The Morgan fingerprint density at radius 3 is 2.66 bits per heavy atom. The second kappa shape index (κ2) is 6.20. The molecule has 3 aliphatic heterocycles. The van der Waals surface area contributed by atoms with Crippen molar-refractivity contribution in [2.75, 3.05) is 18.4 Å². The number of nitro benzene ring substituents is 1. The van der Waals surface area contributed by atoms with E-state index in [9.17, 15) is 30.3 Å². The molecule has 1 atom stereocenters. The number of nitrogens with one attached hydrogen (secondary N) is 2. The molecule has 4 rings (SSSR count). The molecule has 12 heteroatoms. The van der Waals surface area contributed by atoms with Crippen LogP contribution in [-0.2, 0) is 10.2 Å². The molecular weight excluding hydrogens is 382 g/mol. The second-order valence-electron chi connectivity index (χ2n) is 6.80. The Kier molecular flexibility index (Phi) is 3.90. The normalized spacial score (nSPS) is 23.0. The van der Waals surface area contributed by atoms with Crippen LogP contribution >= 0.6 is 0 Å². The van der Waals surface area contributed by atoms with Crippen molar-refractivity contribution in [1.82, 2.24) is 10.2 Å². The van der Waals surface area contributed by atoms with Gasteiger partial charge in [-0.2, -0.15) is 5.26 Å². The third kappa shape index (κ3) is 2.27. The number of rotatable bonds is 2. The van der Waals surface area contributed by atoms with Crippen LogP contribution in [-0.4, -0.2) is 33.7 Å². The van der Waals surface area contributed by atoms with Crippen LogP contribution in [0.4, 0.5) is 11.4 Å². The van der Waals surface area contributed by atoms with Crippen LogP contribution in [0.2, 0.25) is 0 Å². The number of nitrogens with two attached hydrogens (primary N) is 1. The summed E-state index contributed by atoms with van der Waals surface area (Å²) in [6.45, 7) is 0.744. The zero-order chi connectivity index (χ0) is 20.9. The van der Waals surface area contributed by atoms with Crippen molar-refractivity contribution in [2.45, 2.75) is 18.3 Å². The van der Waals surface area contributed by atoms with Gasteiger partial charge in [0.1, 0.15) is 17.5 Å². The van der Waals surface area contributed by atoms with Crippen LogP contribution in [0, 0.1) is 31.6 Å². The Morgan fingerprint density at radius 1 is 1.24 bits per heavy atom.